The Hall–Kier alpha value is -1.86. The highest BCUT2D eigenvalue weighted by Crippen LogP contribution is 2.28. The van der Waals surface area contributed by atoms with E-state index in [4.69, 9.17) is 5.26 Å². The van der Waals surface area contributed by atoms with E-state index in [2.05, 4.69) is 20.9 Å². The van der Waals surface area contributed by atoms with Gasteiger partial charge in [0.2, 0.25) is 0 Å². The molecule has 1 N–H and O–H groups in total. The molecule has 16 heavy (non-hydrogen) atoms. The van der Waals surface area contributed by atoms with Gasteiger partial charge in [-0.05, 0) is 12.1 Å². The van der Waals surface area contributed by atoms with Crippen molar-refractivity contribution in [1.29, 1.82) is 5.26 Å². The number of hydrogen-bond acceptors (Lipinski definition) is 3. The van der Waals surface area contributed by atoms with E-state index in [9.17, 15) is 5.11 Å². The molecule has 78 valence electrons. The first kappa shape index (κ1) is 10.7. The van der Waals surface area contributed by atoms with Crippen molar-refractivity contribution >= 4 is 15.9 Å². The Morgan fingerprint density at radius 2 is 2.06 bits per heavy atom. The smallest absolute Gasteiger partial charge is 0.151 e. The normalized spacial score (nSPS) is 9.75. The van der Waals surface area contributed by atoms with Gasteiger partial charge in [0.05, 0.1) is 17.5 Å². The highest BCUT2D eigenvalue weighted by molar-refractivity contribution is 9.10. The number of hydrogen-bond donors (Lipinski definition) is 1. The van der Waals surface area contributed by atoms with Gasteiger partial charge in [0.25, 0.3) is 0 Å². The maximum Gasteiger partial charge on any atom is 0.151 e. The van der Waals surface area contributed by atoms with Gasteiger partial charge >= 0.3 is 0 Å². The lowest BCUT2D eigenvalue weighted by Crippen LogP contribution is -1.87. The van der Waals surface area contributed by atoms with Crippen LogP contribution in [0.15, 0.2) is 41.0 Å². The van der Waals surface area contributed by atoms with E-state index in [1.54, 1.807) is 6.07 Å². The molecule has 2 rings (SSSR count). The first-order valence-corrected chi connectivity index (χ1v) is 5.35. The van der Waals surface area contributed by atoms with Crippen molar-refractivity contribution in [3.63, 3.8) is 0 Å². The lowest BCUT2D eigenvalue weighted by molar-refractivity contribution is 0.471. The largest absolute Gasteiger partial charge is 0.505 e. The number of halogens is 1. The summed E-state index contributed by atoms with van der Waals surface area (Å²) in [5.41, 5.74) is 1.77. The summed E-state index contributed by atoms with van der Waals surface area (Å²) in [6.45, 7) is 0. The molecule has 0 amide bonds. The van der Waals surface area contributed by atoms with Crippen LogP contribution < -0.4 is 0 Å². The molecule has 0 aliphatic heterocycles. The fraction of sp³-hybridized carbons (Fsp3) is 0. The molecule has 0 bridgehead atoms. The number of pyridine rings is 1. The number of nitrogens with zero attached hydrogens (tertiary/aromatic N) is 2. The molecule has 1 aromatic heterocycles. The fourth-order valence-corrected chi connectivity index (χ4v) is 1.84. The van der Waals surface area contributed by atoms with Crippen molar-refractivity contribution in [2.75, 3.05) is 0 Å². The minimum Gasteiger partial charge on any atom is -0.505 e. The van der Waals surface area contributed by atoms with Gasteiger partial charge in [-0.15, -0.1) is 0 Å². The zero-order valence-electron chi connectivity index (χ0n) is 8.18. The Kier molecular flexibility index (Phi) is 2.88. The standard InChI is InChI=1S/C12H7BrN2O/c13-10-4-2-1-3-9(10)11-5-8(6-14)12(16)7-15-11/h1-5,7,16H. The van der Waals surface area contributed by atoms with Crippen molar-refractivity contribution in [1.82, 2.24) is 4.98 Å². The van der Waals surface area contributed by atoms with Crippen LogP contribution in [0.25, 0.3) is 11.3 Å². The molecule has 2 aromatic rings. The minimum atomic E-state index is -0.0988. The Morgan fingerprint density at radius 3 is 2.75 bits per heavy atom. The van der Waals surface area contributed by atoms with Crippen LogP contribution in [0.1, 0.15) is 5.56 Å². The quantitative estimate of drug-likeness (QED) is 0.870. The maximum atomic E-state index is 9.35. The first-order chi connectivity index (χ1) is 7.72. The lowest BCUT2D eigenvalue weighted by Gasteiger charge is -2.04. The van der Waals surface area contributed by atoms with Crippen LogP contribution in [0.3, 0.4) is 0 Å². The second-order valence-electron chi connectivity index (χ2n) is 3.18. The number of nitriles is 1. The van der Waals surface area contributed by atoms with E-state index >= 15 is 0 Å². The van der Waals surface area contributed by atoms with Gasteiger partial charge in [-0.2, -0.15) is 5.26 Å². The molecule has 0 saturated carbocycles. The summed E-state index contributed by atoms with van der Waals surface area (Å²) in [7, 11) is 0. The SMILES string of the molecule is N#Cc1cc(-c2ccccc2Br)ncc1O. The van der Waals surface area contributed by atoms with Crippen LogP contribution in [-0.2, 0) is 0 Å². The molecule has 0 saturated heterocycles. The zero-order valence-corrected chi connectivity index (χ0v) is 9.77. The number of aromatic nitrogens is 1. The topological polar surface area (TPSA) is 56.9 Å². The molecule has 0 fully saturated rings. The fourth-order valence-electron chi connectivity index (χ4n) is 1.35. The van der Waals surface area contributed by atoms with Gasteiger partial charge in [-0.25, -0.2) is 0 Å². The summed E-state index contributed by atoms with van der Waals surface area (Å²) in [4.78, 5) is 4.09. The monoisotopic (exact) mass is 274 g/mol. The average molecular weight is 275 g/mol. The molecule has 1 heterocycles. The van der Waals surface area contributed by atoms with E-state index in [-0.39, 0.29) is 11.3 Å². The zero-order chi connectivity index (χ0) is 11.5. The molecular weight excluding hydrogens is 268 g/mol. The van der Waals surface area contributed by atoms with Gasteiger partial charge in [-0.3, -0.25) is 4.98 Å². The predicted octanol–water partition coefficient (Wildman–Crippen LogP) is 3.09. The number of aromatic hydroxyl groups is 1. The van der Waals surface area contributed by atoms with Crippen LogP contribution in [0, 0.1) is 11.3 Å². The van der Waals surface area contributed by atoms with Crippen LogP contribution in [-0.4, -0.2) is 10.1 Å². The van der Waals surface area contributed by atoms with Gasteiger partial charge in [-0.1, -0.05) is 34.1 Å². The summed E-state index contributed by atoms with van der Waals surface area (Å²) >= 11 is 3.41. The first-order valence-electron chi connectivity index (χ1n) is 4.56. The highest BCUT2D eigenvalue weighted by Gasteiger charge is 2.07. The van der Waals surface area contributed by atoms with E-state index < -0.39 is 0 Å². The van der Waals surface area contributed by atoms with Gasteiger partial charge in [0, 0.05) is 10.0 Å². The Balaban J connectivity index is 2.59. The van der Waals surface area contributed by atoms with E-state index in [1.807, 2.05) is 30.3 Å². The maximum absolute atomic E-state index is 9.35. The second-order valence-corrected chi connectivity index (χ2v) is 4.03. The van der Waals surface area contributed by atoms with Crippen molar-refractivity contribution in [3.05, 3.63) is 46.6 Å². The Morgan fingerprint density at radius 1 is 1.31 bits per heavy atom. The van der Waals surface area contributed by atoms with Crippen LogP contribution in [0.2, 0.25) is 0 Å². The average Bonchev–Trinajstić information content (AvgIpc) is 2.31. The Labute approximate surface area is 101 Å². The van der Waals surface area contributed by atoms with E-state index in [1.165, 1.54) is 6.20 Å². The van der Waals surface area contributed by atoms with Crippen LogP contribution in [0.4, 0.5) is 0 Å². The van der Waals surface area contributed by atoms with Crippen molar-refractivity contribution in [2.45, 2.75) is 0 Å². The highest BCUT2D eigenvalue weighted by atomic mass is 79.9. The van der Waals surface area contributed by atoms with E-state index in [0.29, 0.717) is 5.69 Å². The predicted molar refractivity (Wildman–Crippen MR) is 63.8 cm³/mol. The molecule has 1 aromatic carbocycles. The van der Waals surface area contributed by atoms with Crippen LogP contribution in [0.5, 0.6) is 5.75 Å². The number of rotatable bonds is 1. The molecular formula is C12H7BrN2O. The van der Waals surface area contributed by atoms with Crippen molar-refractivity contribution < 1.29 is 5.11 Å². The summed E-state index contributed by atoms with van der Waals surface area (Å²) in [6.07, 6.45) is 1.29. The van der Waals surface area contributed by atoms with Crippen molar-refractivity contribution in [2.24, 2.45) is 0 Å². The third kappa shape index (κ3) is 1.90. The second kappa shape index (κ2) is 4.33. The molecule has 4 heteroatoms. The van der Waals surface area contributed by atoms with Crippen molar-refractivity contribution in [3.8, 4) is 23.1 Å². The van der Waals surface area contributed by atoms with Gasteiger partial charge < -0.3 is 5.11 Å². The molecule has 3 nitrogen and oxygen atoms in total. The molecule has 0 spiro atoms. The van der Waals surface area contributed by atoms with Crippen LogP contribution >= 0.6 is 15.9 Å². The molecule has 0 aliphatic rings. The van der Waals surface area contributed by atoms with E-state index in [0.717, 1.165) is 10.0 Å². The lowest BCUT2D eigenvalue weighted by atomic mass is 10.1. The summed E-state index contributed by atoms with van der Waals surface area (Å²) < 4.78 is 0.900. The summed E-state index contributed by atoms with van der Waals surface area (Å²) in [6, 6.07) is 11.1. The Bertz CT molecular complexity index is 575. The van der Waals surface area contributed by atoms with Gasteiger partial charge in [0.15, 0.2) is 5.75 Å². The molecule has 0 unspecified atom stereocenters. The van der Waals surface area contributed by atoms with Gasteiger partial charge in [0.1, 0.15) is 6.07 Å². The summed E-state index contributed by atoms with van der Waals surface area (Å²) in [5, 5.41) is 18.2. The number of benzene rings is 1. The minimum absolute atomic E-state index is 0.0988. The third-order valence-electron chi connectivity index (χ3n) is 2.15. The molecule has 0 radical (unpaired) electrons. The summed E-state index contributed by atoms with van der Waals surface area (Å²) in [5.74, 6) is -0.0988. The third-order valence-corrected chi connectivity index (χ3v) is 2.84. The molecule has 0 atom stereocenters. The molecule has 0 aliphatic carbocycles.